The van der Waals surface area contributed by atoms with E-state index in [0.717, 1.165) is 76.0 Å². The lowest BCUT2D eigenvalue weighted by atomic mass is 9.83. The molecule has 29 heavy (non-hydrogen) atoms. The van der Waals surface area contributed by atoms with Gasteiger partial charge in [-0.25, -0.2) is 9.78 Å². The van der Waals surface area contributed by atoms with E-state index in [1.807, 2.05) is 4.90 Å². The minimum absolute atomic E-state index is 0.0593. The molecule has 2 amide bonds. The molecule has 1 aromatic heterocycles. The summed E-state index contributed by atoms with van der Waals surface area (Å²) in [6, 6.07) is 0.351. The number of carbonyl (C=O) groups excluding carboxylic acids is 2. The van der Waals surface area contributed by atoms with E-state index in [1.165, 1.54) is 7.11 Å². The van der Waals surface area contributed by atoms with Crippen LogP contribution in [0.4, 0.5) is 10.6 Å². The van der Waals surface area contributed by atoms with Crippen LogP contribution in [-0.4, -0.2) is 66.2 Å². The van der Waals surface area contributed by atoms with Crippen LogP contribution in [0, 0.1) is 5.92 Å². The molecule has 0 radical (unpaired) electrons. The van der Waals surface area contributed by atoms with Gasteiger partial charge >= 0.3 is 12.0 Å². The maximum atomic E-state index is 13.1. The van der Waals surface area contributed by atoms with Gasteiger partial charge in [0.05, 0.1) is 24.7 Å². The molecule has 0 atom stereocenters. The van der Waals surface area contributed by atoms with E-state index >= 15 is 0 Å². The van der Waals surface area contributed by atoms with Gasteiger partial charge in [0.25, 0.3) is 0 Å². The zero-order valence-electron chi connectivity index (χ0n) is 17.2. The second-order valence-corrected chi connectivity index (χ2v) is 8.29. The van der Waals surface area contributed by atoms with Crippen LogP contribution < -0.4 is 10.2 Å². The lowest BCUT2D eigenvalue weighted by Gasteiger charge is -2.34. The molecule has 3 aliphatic rings. The smallest absolute Gasteiger partial charge is 0.326 e. The molecule has 158 valence electrons. The first-order valence-corrected chi connectivity index (χ1v) is 10.9. The van der Waals surface area contributed by atoms with Gasteiger partial charge in [0.2, 0.25) is 0 Å². The molecule has 1 aliphatic carbocycles. The van der Waals surface area contributed by atoms with Gasteiger partial charge < -0.3 is 15.0 Å². The monoisotopic (exact) mass is 401 g/mol. The van der Waals surface area contributed by atoms with Gasteiger partial charge in [-0.2, -0.15) is 0 Å². The SMILES string of the molecule is COC(=O)CCC1CCC(N2CCN(c3cnc4c(n3)CCNCC4)C2=O)CC1. The molecule has 0 unspecified atom stereocenters. The minimum Gasteiger partial charge on any atom is -0.469 e. The average Bonchev–Trinajstić information content (AvgIpc) is 2.98. The first-order chi connectivity index (χ1) is 14.2. The van der Waals surface area contributed by atoms with Crippen molar-refractivity contribution in [2.75, 3.05) is 38.2 Å². The highest BCUT2D eigenvalue weighted by molar-refractivity contribution is 5.93. The molecule has 0 aromatic carbocycles. The summed E-state index contributed by atoms with van der Waals surface area (Å²) in [4.78, 5) is 37.6. The number of nitrogens with one attached hydrogen (secondary N) is 1. The number of hydrogen-bond donors (Lipinski definition) is 1. The fourth-order valence-electron chi connectivity index (χ4n) is 4.79. The molecule has 1 saturated heterocycles. The van der Waals surface area contributed by atoms with Crippen molar-refractivity contribution in [1.29, 1.82) is 0 Å². The van der Waals surface area contributed by atoms with Crippen LogP contribution in [0.1, 0.15) is 49.9 Å². The zero-order chi connectivity index (χ0) is 20.2. The minimum atomic E-state index is -0.130. The number of amides is 2. The van der Waals surface area contributed by atoms with Gasteiger partial charge in [0, 0.05) is 51.5 Å². The predicted molar refractivity (Wildman–Crippen MR) is 109 cm³/mol. The number of fused-ring (bicyclic) bond motifs is 1. The van der Waals surface area contributed by atoms with Crippen LogP contribution in [0.25, 0.3) is 0 Å². The maximum Gasteiger partial charge on any atom is 0.326 e. The summed E-state index contributed by atoms with van der Waals surface area (Å²) in [5.74, 6) is 1.11. The van der Waals surface area contributed by atoms with E-state index in [-0.39, 0.29) is 12.0 Å². The summed E-state index contributed by atoms with van der Waals surface area (Å²) in [6.07, 6.45) is 9.04. The second kappa shape index (κ2) is 9.07. The van der Waals surface area contributed by atoms with Crippen molar-refractivity contribution in [3.05, 3.63) is 17.6 Å². The van der Waals surface area contributed by atoms with Crippen LogP contribution in [0.15, 0.2) is 6.20 Å². The number of nitrogens with zero attached hydrogens (tertiary/aromatic N) is 4. The molecular weight excluding hydrogens is 370 g/mol. The molecule has 2 aliphatic heterocycles. The highest BCUT2D eigenvalue weighted by atomic mass is 16.5. The molecule has 1 aromatic rings. The van der Waals surface area contributed by atoms with Crippen LogP contribution in [0.2, 0.25) is 0 Å². The molecule has 8 heteroatoms. The van der Waals surface area contributed by atoms with Crippen LogP contribution in [0.3, 0.4) is 0 Å². The Morgan fingerprint density at radius 3 is 2.69 bits per heavy atom. The number of urea groups is 1. The third-order valence-corrected chi connectivity index (χ3v) is 6.55. The number of esters is 1. The van der Waals surface area contributed by atoms with E-state index in [9.17, 15) is 9.59 Å². The Morgan fingerprint density at radius 2 is 1.93 bits per heavy atom. The van der Waals surface area contributed by atoms with Crippen molar-refractivity contribution in [3.63, 3.8) is 0 Å². The molecule has 2 fully saturated rings. The highest BCUT2D eigenvalue weighted by Gasteiger charge is 2.37. The summed E-state index contributed by atoms with van der Waals surface area (Å²) < 4.78 is 4.74. The van der Waals surface area contributed by atoms with Gasteiger partial charge in [-0.1, -0.05) is 0 Å². The number of carbonyl (C=O) groups is 2. The fraction of sp³-hybridized carbons (Fsp3) is 0.714. The van der Waals surface area contributed by atoms with E-state index < -0.39 is 0 Å². The Morgan fingerprint density at radius 1 is 1.17 bits per heavy atom. The van der Waals surface area contributed by atoms with E-state index in [4.69, 9.17) is 9.72 Å². The van der Waals surface area contributed by atoms with Gasteiger partial charge in [-0.15, -0.1) is 0 Å². The molecule has 0 bridgehead atoms. The lowest BCUT2D eigenvalue weighted by Crippen LogP contribution is -2.41. The first kappa shape index (κ1) is 20.1. The largest absolute Gasteiger partial charge is 0.469 e. The van der Waals surface area contributed by atoms with Crippen LogP contribution in [-0.2, 0) is 22.4 Å². The van der Waals surface area contributed by atoms with Gasteiger partial charge in [-0.3, -0.25) is 14.7 Å². The van der Waals surface area contributed by atoms with E-state index in [0.29, 0.717) is 30.7 Å². The molecule has 4 rings (SSSR count). The van der Waals surface area contributed by atoms with E-state index in [1.54, 1.807) is 11.1 Å². The van der Waals surface area contributed by atoms with Gasteiger partial charge in [-0.05, 0) is 38.0 Å². The summed E-state index contributed by atoms with van der Waals surface area (Å²) in [5.41, 5.74) is 2.07. The number of methoxy groups -OCH3 is 1. The highest BCUT2D eigenvalue weighted by Crippen LogP contribution is 2.33. The molecule has 8 nitrogen and oxygen atoms in total. The van der Waals surface area contributed by atoms with Gasteiger partial charge in [0.15, 0.2) is 5.82 Å². The Bertz CT molecular complexity index is 748. The topological polar surface area (TPSA) is 87.7 Å². The van der Waals surface area contributed by atoms with Crippen molar-refractivity contribution < 1.29 is 14.3 Å². The zero-order valence-corrected chi connectivity index (χ0v) is 17.2. The fourth-order valence-corrected chi connectivity index (χ4v) is 4.79. The summed E-state index contributed by atoms with van der Waals surface area (Å²) in [6.45, 7) is 3.26. The average molecular weight is 402 g/mol. The van der Waals surface area contributed by atoms with Crippen LogP contribution in [0.5, 0.6) is 0 Å². The lowest BCUT2D eigenvalue weighted by molar-refractivity contribution is -0.141. The molecular formula is C21H31N5O3. The quantitative estimate of drug-likeness (QED) is 0.759. The van der Waals surface area contributed by atoms with Crippen molar-refractivity contribution in [2.45, 2.75) is 57.4 Å². The molecule has 1 N–H and O–H groups in total. The van der Waals surface area contributed by atoms with Crippen molar-refractivity contribution in [1.82, 2.24) is 20.2 Å². The Kier molecular flexibility index (Phi) is 6.28. The third kappa shape index (κ3) is 4.52. The number of hydrogen-bond acceptors (Lipinski definition) is 6. The Balaban J connectivity index is 1.34. The number of anilines is 1. The molecule has 1 saturated carbocycles. The van der Waals surface area contributed by atoms with Crippen molar-refractivity contribution >= 4 is 17.8 Å². The van der Waals surface area contributed by atoms with Gasteiger partial charge in [0.1, 0.15) is 0 Å². The normalized spacial score (nSPS) is 24.9. The Hall–Kier alpha value is -2.22. The third-order valence-electron chi connectivity index (χ3n) is 6.55. The van der Waals surface area contributed by atoms with E-state index in [2.05, 4.69) is 10.3 Å². The summed E-state index contributed by atoms with van der Waals surface area (Å²) in [7, 11) is 1.44. The van der Waals surface area contributed by atoms with Crippen molar-refractivity contribution in [2.24, 2.45) is 5.92 Å². The summed E-state index contributed by atoms with van der Waals surface area (Å²) in [5, 5.41) is 3.37. The second-order valence-electron chi connectivity index (χ2n) is 8.29. The summed E-state index contributed by atoms with van der Waals surface area (Å²) >= 11 is 0. The Labute approximate surface area is 172 Å². The van der Waals surface area contributed by atoms with Crippen molar-refractivity contribution in [3.8, 4) is 0 Å². The maximum absolute atomic E-state index is 13.1. The first-order valence-electron chi connectivity index (χ1n) is 10.9. The molecule has 3 heterocycles. The number of aromatic nitrogens is 2. The predicted octanol–water partition coefficient (Wildman–Crippen LogP) is 1.92. The molecule has 0 spiro atoms. The number of ether oxygens (including phenoxy) is 1. The number of rotatable bonds is 5. The standard InChI is InChI=1S/C21H31N5O3/c1-29-20(27)7-4-15-2-5-16(6-3-15)25-12-13-26(21(25)28)19-14-23-17-8-10-22-11-9-18(17)24-19/h14-16,22H,2-13H2,1H3. The van der Waals surface area contributed by atoms with Crippen LogP contribution >= 0.6 is 0 Å².